The van der Waals surface area contributed by atoms with E-state index in [-0.39, 0.29) is 5.69 Å². The van der Waals surface area contributed by atoms with E-state index in [1.807, 2.05) is 43.3 Å². The summed E-state index contributed by atoms with van der Waals surface area (Å²) in [6.45, 7) is 1.94. The number of aromatic nitrogens is 2. The predicted molar refractivity (Wildman–Crippen MR) is 133 cm³/mol. The van der Waals surface area contributed by atoms with E-state index in [1.165, 1.54) is 5.56 Å². The molecule has 0 amide bonds. The summed E-state index contributed by atoms with van der Waals surface area (Å²) in [7, 11) is 0. The van der Waals surface area contributed by atoms with Crippen LogP contribution in [0.15, 0.2) is 59.7 Å². The number of nitrogens with one attached hydrogen (secondary N) is 1. The fraction of sp³-hybridized carbons (Fsp3) is 0.231. The van der Waals surface area contributed by atoms with E-state index >= 15 is 0 Å². The molecule has 0 aliphatic heterocycles. The Kier molecular flexibility index (Phi) is 5.88. The summed E-state index contributed by atoms with van der Waals surface area (Å²) in [5.74, 6) is -0.995. The van der Waals surface area contributed by atoms with Crippen molar-refractivity contribution in [1.82, 2.24) is 9.97 Å². The summed E-state index contributed by atoms with van der Waals surface area (Å²) in [5, 5.41) is 15.1. The zero-order valence-corrected chi connectivity index (χ0v) is 19.2. The molecule has 0 saturated heterocycles. The first-order chi connectivity index (χ1) is 16.1. The van der Waals surface area contributed by atoms with Crippen molar-refractivity contribution in [2.45, 2.75) is 39.0 Å². The van der Waals surface area contributed by atoms with Crippen LogP contribution in [-0.4, -0.2) is 26.8 Å². The number of hydrazone groups is 1. The molecule has 2 heterocycles. The van der Waals surface area contributed by atoms with Crippen molar-refractivity contribution in [1.29, 1.82) is 0 Å². The van der Waals surface area contributed by atoms with Gasteiger partial charge in [0.25, 0.3) is 0 Å². The highest BCUT2D eigenvalue weighted by molar-refractivity contribution is 7.22. The van der Waals surface area contributed by atoms with Crippen LogP contribution in [0.1, 0.15) is 53.4 Å². The number of fused-ring (bicyclic) bond motifs is 2. The molecule has 0 spiro atoms. The van der Waals surface area contributed by atoms with E-state index in [4.69, 9.17) is 5.10 Å². The average molecular weight is 457 g/mol. The van der Waals surface area contributed by atoms with Crippen LogP contribution in [0.25, 0.3) is 21.5 Å². The molecule has 2 N–H and O–H groups in total. The topological polar surface area (TPSA) is 87.5 Å². The summed E-state index contributed by atoms with van der Waals surface area (Å²) in [5.41, 5.74) is 9.90. The zero-order valence-electron chi connectivity index (χ0n) is 18.3. The Morgan fingerprint density at radius 2 is 1.94 bits per heavy atom. The molecule has 33 heavy (non-hydrogen) atoms. The van der Waals surface area contributed by atoms with Gasteiger partial charge in [-0.1, -0.05) is 48.6 Å². The number of carbonyl (C=O) groups is 1. The van der Waals surface area contributed by atoms with Gasteiger partial charge in [0.05, 0.1) is 21.6 Å². The number of para-hydroxylation sites is 1. The normalized spacial score (nSPS) is 14.8. The first kappa shape index (κ1) is 21.3. The molecule has 4 aromatic rings. The van der Waals surface area contributed by atoms with Gasteiger partial charge in [-0.2, -0.15) is 5.10 Å². The molecule has 2 aromatic carbocycles. The molecule has 0 bridgehead atoms. The first-order valence-electron chi connectivity index (χ1n) is 11.2. The summed E-state index contributed by atoms with van der Waals surface area (Å²) in [6, 6.07) is 18.1. The number of thiazole rings is 1. The van der Waals surface area contributed by atoms with Crippen LogP contribution in [0.5, 0.6) is 0 Å². The summed E-state index contributed by atoms with van der Waals surface area (Å²) >= 11 is 1.59. The Labute approximate surface area is 196 Å². The van der Waals surface area contributed by atoms with E-state index in [9.17, 15) is 9.90 Å². The molecule has 0 atom stereocenters. The number of benzene rings is 2. The number of carboxylic acid groups (broad SMARTS) is 1. The van der Waals surface area contributed by atoms with Gasteiger partial charge in [-0.05, 0) is 67.5 Å². The van der Waals surface area contributed by atoms with Crippen LogP contribution in [0.3, 0.4) is 0 Å². The van der Waals surface area contributed by atoms with Crippen molar-refractivity contribution in [3.63, 3.8) is 0 Å². The van der Waals surface area contributed by atoms with Crippen LogP contribution in [0, 0.1) is 0 Å². The van der Waals surface area contributed by atoms with E-state index in [2.05, 4.69) is 33.6 Å². The van der Waals surface area contributed by atoms with Crippen LogP contribution in [-0.2, 0) is 12.8 Å². The lowest BCUT2D eigenvalue weighted by molar-refractivity contribution is 0.0689. The molecule has 6 nitrogen and oxygen atoms in total. The van der Waals surface area contributed by atoms with Crippen LogP contribution < -0.4 is 5.43 Å². The number of nitrogens with zero attached hydrogens (tertiary/aromatic N) is 3. The monoisotopic (exact) mass is 456 g/mol. The van der Waals surface area contributed by atoms with Gasteiger partial charge in [0.15, 0.2) is 5.69 Å². The van der Waals surface area contributed by atoms with Crippen molar-refractivity contribution in [3.05, 3.63) is 77.0 Å². The summed E-state index contributed by atoms with van der Waals surface area (Å²) < 4.78 is 1.12. The third-order valence-corrected chi connectivity index (χ3v) is 6.91. The van der Waals surface area contributed by atoms with Gasteiger partial charge < -0.3 is 5.11 Å². The lowest BCUT2D eigenvalue weighted by Gasteiger charge is -2.12. The first-order valence-corrected chi connectivity index (χ1v) is 12.0. The lowest BCUT2D eigenvalue weighted by atomic mass is 9.97. The number of aryl methyl sites for hydroxylation is 2. The quantitative estimate of drug-likeness (QED) is 0.277. The number of hydrogen-bond donors (Lipinski definition) is 2. The molecule has 5 rings (SSSR count). The predicted octanol–water partition coefficient (Wildman–Crippen LogP) is 6.16. The van der Waals surface area contributed by atoms with Crippen molar-refractivity contribution in [2.75, 3.05) is 5.43 Å². The van der Waals surface area contributed by atoms with Crippen molar-refractivity contribution in [3.8, 4) is 11.3 Å². The number of pyridine rings is 1. The van der Waals surface area contributed by atoms with Crippen LogP contribution in [0.2, 0.25) is 0 Å². The van der Waals surface area contributed by atoms with E-state index in [1.54, 1.807) is 11.3 Å². The molecule has 7 heteroatoms. The Bertz CT molecular complexity index is 1340. The van der Waals surface area contributed by atoms with E-state index in [0.29, 0.717) is 12.1 Å². The standard InChI is InChI=1S/C26H24N4O2S/c1-2-16-13-14-20(27-24(16)25(31)32)18-12-11-17-7-3-4-8-21(19(17)15-18)29-30-26-28-22-9-5-6-10-23(22)33-26/h5-6,9-15H,2-4,7-8H2,1H3,(H,28,30)(H,31,32)/b29-21+. The largest absolute Gasteiger partial charge is 0.477 e. The second-order valence-electron chi connectivity index (χ2n) is 8.10. The number of anilines is 1. The number of aromatic carboxylic acids is 1. The van der Waals surface area contributed by atoms with Gasteiger partial charge in [0.1, 0.15) is 0 Å². The Morgan fingerprint density at radius 1 is 1.09 bits per heavy atom. The lowest BCUT2D eigenvalue weighted by Crippen LogP contribution is -2.08. The van der Waals surface area contributed by atoms with E-state index in [0.717, 1.165) is 63.4 Å². The molecule has 166 valence electrons. The number of hydrogen-bond acceptors (Lipinski definition) is 6. The third-order valence-electron chi connectivity index (χ3n) is 5.97. The molecule has 0 fully saturated rings. The van der Waals surface area contributed by atoms with Gasteiger partial charge in [0.2, 0.25) is 5.13 Å². The molecule has 0 radical (unpaired) electrons. The second-order valence-corrected chi connectivity index (χ2v) is 9.13. The van der Waals surface area contributed by atoms with Crippen molar-refractivity contribution >= 4 is 38.4 Å². The highest BCUT2D eigenvalue weighted by Crippen LogP contribution is 2.29. The van der Waals surface area contributed by atoms with Gasteiger partial charge in [0, 0.05) is 11.1 Å². The Hall–Kier alpha value is -3.58. The number of carboxylic acids is 1. The third kappa shape index (κ3) is 4.36. The highest BCUT2D eigenvalue weighted by Gasteiger charge is 2.18. The molecule has 1 aliphatic carbocycles. The van der Waals surface area contributed by atoms with Gasteiger partial charge in [-0.15, -0.1) is 0 Å². The van der Waals surface area contributed by atoms with E-state index < -0.39 is 5.97 Å². The fourth-order valence-corrected chi connectivity index (χ4v) is 5.04. The van der Waals surface area contributed by atoms with Crippen LogP contribution >= 0.6 is 11.3 Å². The van der Waals surface area contributed by atoms with Crippen molar-refractivity contribution in [2.24, 2.45) is 5.10 Å². The minimum absolute atomic E-state index is 0.122. The maximum absolute atomic E-state index is 11.7. The smallest absolute Gasteiger partial charge is 0.354 e. The summed E-state index contributed by atoms with van der Waals surface area (Å²) in [4.78, 5) is 20.8. The minimum atomic E-state index is -0.995. The molecule has 0 unspecified atom stereocenters. The van der Waals surface area contributed by atoms with Crippen molar-refractivity contribution < 1.29 is 9.90 Å². The van der Waals surface area contributed by atoms with Gasteiger partial charge in [-0.25, -0.2) is 14.8 Å². The average Bonchev–Trinajstić information content (AvgIpc) is 3.15. The summed E-state index contributed by atoms with van der Waals surface area (Å²) in [6.07, 6.45) is 4.68. The molecular formula is C26H24N4O2S. The Balaban J connectivity index is 1.51. The zero-order chi connectivity index (χ0) is 22.8. The maximum atomic E-state index is 11.7. The molecule has 1 aliphatic rings. The molecular weight excluding hydrogens is 432 g/mol. The second kappa shape index (κ2) is 9.11. The van der Waals surface area contributed by atoms with Gasteiger partial charge in [-0.3, -0.25) is 5.43 Å². The highest BCUT2D eigenvalue weighted by atomic mass is 32.1. The molecule has 0 saturated carbocycles. The SMILES string of the molecule is CCc1ccc(-c2ccc3c(c2)/C(=N/Nc2nc4ccccc4s2)CCCC3)nc1C(=O)O. The number of rotatable bonds is 5. The molecule has 2 aromatic heterocycles. The fourth-order valence-electron chi connectivity index (χ4n) is 4.24. The van der Waals surface area contributed by atoms with Crippen LogP contribution in [0.4, 0.5) is 5.13 Å². The van der Waals surface area contributed by atoms with Gasteiger partial charge >= 0.3 is 5.97 Å². The Morgan fingerprint density at radius 3 is 2.76 bits per heavy atom. The maximum Gasteiger partial charge on any atom is 0.354 e. The minimum Gasteiger partial charge on any atom is -0.477 e.